The number of alkyl halides is 2. The van der Waals surface area contributed by atoms with Gasteiger partial charge in [0.05, 0.1) is 10.9 Å². The molecule has 2 unspecified atom stereocenters. The van der Waals surface area contributed by atoms with Crippen molar-refractivity contribution in [2.45, 2.75) is 16.7 Å². The first-order valence-corrected chi connectivity index (χ1v) is 11.9. The summed E-state index contributed by atoms with van der Waals surface area (Å²) in [7, 11) is 0. The predicted octanol–water partition coefficient (Wildman–Crippen LogP) is 6.91. The molecule has 176 valence electrons. The van der Waals surface area contributed by atoms with Gasteiger partial charge in [0.1, 0.15) is 15.8 Å². The van der Waals surface area contributed by atoms with Gasteiger partial charge >= 0.3 is 0 Å². The number of carbonyl (C=O) groups is 2. The molecule has 4 rings (SSSR count). The molecule has 1 saturated carbocycles. The van der Waals surface area contributed by atoms with E-state index in [1.807, 2.05) is 24.3 Å². The van der Waals surface area contributed by atoms with E-state index in [4.69, 9.17) is 40.5 Å². The smallest absolute Gasteiger partial charge is 0.231 e. The van der Waals surface area contributed by atoms with Gasteiger partial charge in [0.25, 0.3) is 0 Å². The molecule has 0 saturated heterocycles. The highest BCUT2D eigenvalue weighted by Crippen LogP contribution is 2.65. The van der Waals surface area contributed by atoms with E-state index in [1.165, 1.54) is 18.2 Å². The van der Waals surface area contributed by atoms with Crippen LogP contribution in [0.1, 0.15) is 27.4 Å². The summed E-state index contributed by atoms with van der Waals surface area (Å²) in [6.45, 7) is 0. The molecule has 1 fully saturated rings. The Bertz CT molecular complexity index is 1320. The van der Waals surface area contributed by atoms with Crippen molar-refractivity contribution in [2.24, 2.45) is 5.92 Å². The monoisotopic (exact) mass is 586 g/mol. The van der Waals surface area contributed by atoms with Gasteiger partial charge in [-0.15, -0.1) is 23.2 Å². The Balaban J connectivity index is 1.52. The van der Waals surface area contributed by atoms with Crippen molar-refractivity contribution in [2.75, 3.05) is 11.1 Å². The number of carbonyl (C=O) groups excluding carboxylic acids is 2. The Kier molecular flexibility index (Phi) is 6.93. The van der Waals surface area contributed by atoms with Gasteiger partial charge in [-0.3, -0.25) is 9.59 Å². The van der Waals surface area contributed by atoms with Crippen molar-refractivity contribution in [1.29, 1.82) is 0 Å². The zero-order valence-corrected chi connectivity index (χ0v) is 21.1. The van der Waals surface area contributed by atoms with Crippen molar-refractivity contribution < 1.29 is 18.4 Å². The van der Waals surface area contributed by atoms with Gasteiger partial charge < -0.3 is 11.1 Å². The third-order valence-corrected chi connectivity index (χ3v) is 7.40. The number of halogens is 6. The van der Waals surface area contributed by atoms with Crippen molar-refractivity contribution >= 4 is 73.8 Å². The Morgan fingerprint density at radius 3 is 2.53 bits per heavy atom. The molecule has 34 heavy (non-hydrogen) atoms. The average Bonchev–Trinajstić information content (AvgIpc) is 3.37. The Labute approximate surface area is 217 Å². The highest BCUT2D eigenvalue weighted by atomic mass is 79.9. The zero-order chi connectivity index (χ0) is 24.8. The molecule has 0 bridgehead atoms. The van der Waals surface area contributed by atoms with Crippen molar-refractivity contribution in [3.05, 3.63) is 92.4 Å². The number of anilines is 2. The molecule has 0 aromatic heterocycles. The molecule has 10 heteroatoms. The second-order valence-corrected chi connectivity index (χ2v) is 10.7. The normalized spacial score (nSPS) is 18.4. The number of nitrogens with two attached hydrogens (primary N) is 1. The quantitative estimate of drug-likeness (QED) is 0.187. The summed E-state index contributed by atoms with van der Waals surface area (Å²) >= 11 is 22.4. The molecule has 0 aliphatic heterocycles. The SMILES string of the molecule is Nc1c(F)ccc(CC(=O)c2cc(NC(=O)C3C(c4cccc(Br)c4)C3(Cl)Cl)ccc2Cl)c1F. The number of hydrogen-bond acceptors (Lipinski definition) is 3. The van der Waals surface area contributed by atoms with Crippen LogP contribution in [0, 0.1) is 17.6 Å². The first-order valence-electron chi connectivity index (χ1n) is 10.00. The fraction of sp³-hybridized carbons (Fsp3) is 0.167. The highest BCUT2D eigenvalue weighted by molar-refractivity contribution is 9.10. The van der Waals surface area contributed by atoms with E-state index < -0.39 is 51.6 Å². The lowest BCUT2D eigenvalue weighted by Gasteiger charge is -2.10. The molecule has 1 amide bonds. The maximum absolute atomic E-state index is 14.2. The molecular weight excluding hydrogens is 573 g/mol. The molecule has 1 aliphatic rings. The minimum Gasteiger partial charge on any atom is -0.394 e. The molecule has 2 atom stereocenters. The first-order chi connectivity index (χ1) is 16.0. The fourth-order valence-electron chi connectivity index (χ4n) is 3.82. The number of nitrogens with one attached hydrogen (secondary N) is 1. The van der Waals surface area contributed by atoms with Crippen LogP contribution in [0.5, 0.6) is 0 Å². The molecular formula is C24H16BrCl3F2N2O2. The van der Waals surface area contributed by atoms with E-state index in [0.717, 1.165) is 22.2 Å². The topological polar surface area (TPSA) is 72.2 Å². The summed E-state index contributed by atoms with van der Waals surface area (Å²) < 4.78 is 27.2. The summed E-state index contributed by atoms with van der Waals surface area (Å²) in [6.07, 6.45) is -0.395. The van der Waals surface area contributed by atoms with Crippen molar-refractivity contribution in [1.82, 2.24) is 0 Å². The van der Waals surface area contributed by atoms with Gasteiger partial charge in [-0.1, -0.05) is 45.7 Å². The van der Waals surface area contributed by atoms with Gasteiger partial charge in [0, 0.05) is 28.1 Å². The van der Waals surface area contributed by atoms with Gasteiger partial charge in [-0.05, 0) is 47.5 Å². The molecule has 0 radical (unpaired) electrons. The van der Waals surface area contributed by atoms with Gasteiger partial charge in [-0.25, -0.2) is 8.78 Å². The maximum atomic E-state index is 14.2. The van der Waals surface area contributed by atoms with Crippen LogP contribution in [0.3, 0.4) is 0 Å². The standard InChI is InChI=1S/C24H16BrCl3F2N2O2/c25-13-3-1-2-11(8-13)19-20(24(19,27)28)23(34)32-14-5-6-16(26)15(10-14)18(33)9-12-4-7-17(29)22(31)21(12)30/h1-8,10,19-20H,9,31H2,(H,32,34). The molecule has 1 aliphatic carbocycles. The Morgan fingerprint density at radius 2 is 1.82 bits per heavy atom. The average molecular weight is 589 g/mol. The van der Waals surface area contributed by atoms with Gasteiger partial charge in [0.15, 0.2) is 11.6 Å². The highest BCUT2D eigenvalue weighted by Gasteiger charge is 2.67. The third-order valence-electron chi connectivity index (χ3n) is 5.64. The van der Waals surface area contributed by atoms with E-state index in [-0.39, 0.29) is 16.1 Å². The summed E-state index contributed by atoms with van der Waals surface area (Å²) in [5, 5.41) is 2.83. The van der Waals surface area contributed by atoms with Crippen LogP contribution in [0.4, 0.5) is 20.2 Å². The van der Waals surface area contributed by atoms with Crippen LogP contribution in [0.2, 0.25) is 5.02 Å². The zero-order valence-electron chi connectivity index (χ0n) is 17.2. The molecule has 4 nitrogen and oxygen atoms in total. The first kappa shape index (κ1) is 24.9. The number of amides is 1. The van der Waals surface area contributed by atoms with E-state index in [9.17, 15) is 18.4 Å². The Morgan fingerprint density at radius 1 is 1.09 bits per heavy atom. The molecule has 0 heterocycles. The predicted molar refractivity (Wildman–Crippen MR) is 134 cm³/mol. The number of benzene rings is 3. The van der Waals surface area contributed by atoms with E-state index >= 15 is 0 Å². The molecule has 3 N–H and O–H groups in total. The number of Topliss-reactive ketones (excluding diaryl/α,β-unsaturated/α-hetero) is 1. The lowest BCUT2D eigenvalue weighted by Crippen LogP contribution is -2.17. The number of nitrogen functional groups attached to an aromatic ring is 1. The molecule has 0 spiro atoms. The fourth-order valence-corrected chi connectivity index (χ4v) is 5.29. The summed E-state index contributed by atoms with van der Waals surface area (Å²) in [6, 6.07) is 13.8. The second-order valence-electron chi connectivity index (χ2n) is 7.90. The number of rotatable bonds is 6. The summed E-state index contributed by atoms with van der Waals surface area (Å²) in [4.78, 5) is 25.7. The Hall–Kier alpha value is -2.19. The maximum Gasteiger partial charge on any atom is 0.231 e. The lowest BCUT2D eigenvalue weighted by atomic mass is 10.0. The van der Waals surface area contributed by atoms with Crippen LogP contribution in [0.25, 0.3) is 0 Å². The summed E-state index contributed by atoms with van der Waals surface area (Å²) in [5.41, 5.74) is 5.80. The van der Waals surface area contributed by atoms with Crippen LogP contribution in [0.15, 0.2) is 59.1 Å². The van der Waals surface area contributed by atoms with Crippen LogP contribution >= 0.6 is 50.7 Å². The number of hydrogen-bond donors (Lipinski definition) is 2. The molecule has 3 aromatic carbocycles. The third kappa shape index (κ3) is 4.80. The van der Waals surface area contributed by atoms with Crippen LogP contribution in [-0.2, 0) is 11.2 Å². The largest absolute Gasteiger partial charge is 0.394 e. The summed E-state index contributed by atoms with van der Waals surface area (Å²) in [5.74, 6) is -3.99. The van der Waals surface area contributed by atoms with Crippen LogP contribution in [-0.4, -0.2) is 16.0 Å². The van der Waals surface area contributed by atoms with Gasteiger partial charge in [-0.2, -0.15) is 0 Å². The van der Waals surface area contributed by atoms with Crippen molar-refractivity contribution in [3.63, 3.8) is 0 Å². The van der Waals surface area contributed by atoms with E-state index in [1.54, 1.807) is 0 Å². The molecule has 3 aromatic rings. The van der Waals surface area contributed by atoms with E-state index in [0.29, 0.717) is 5.69 Å². The van der Waals surface area contributed by atoms with Crippen molar-refractivity contribution in [3.8, 4) is 0 Å². The minimum absolute atomic E-state index is 0.0594. The van der Waals surface area contributed by atoms with Gasteiger partial charge in [0.2, 0.25) is 5.91 Å². The lowest BCUT2D eigenvalue weighted by molar-refractivity contribution is -0.117. The minimum atomic E-state index is -1.28. The van der Waals surface area contributed by atoms with Crippen LogP contribution < -0.4 is 11.1 Å². The second kappa shape index (κ2) is 9.46. The number of ketones is 1. The van der Waals surface area contributed by atoms with E-state index in [2.05, 4.69) is 21.2 Å².